The van der Waals surface area contributed by atoms with Crippen LogP contribution in [-0.2, 0) is 0 Å². The molecule has 0 bridgehead atoms. The van der Waals surface area contributed by atoms with Gasteiger partial charge >= 0.3 is 0 Å². The van der Waals surface area contributed by atoms with E-state index in [1.165, 1.54) is 4.88 Å². The first kappa shape index (κ1) is 8.23. The fourth-order valence-electron chi connectivity index (χ4n) is 1.76. The maximum atomic E-state index is 9.10. The van der Waals surface area contributed by atoms with E-state index in [0.717, 1.165) is 13.1 Å². The molecule has 0 radical (unpaired) electrons. The van der Waals surface area contributed by atoms with Gasteiger partial charge in [0.1, 0.15) is 0 Å². The Morgan fingerprint density at radius 2 is 2.50 bits per heavy atom. The SMILES string of the molecule is OCC1CNCC1c1cccs1. The molecule has 2 heterocycles. The Hall–Kier alpha value is -0.380. The van der Waals surface area contributed by atoms with Gasteiger partial charge in [-0.1, -0.05) is 6.07 Å². The molecule has 1 aliphatic heterocycles. The molecular weight excluding hydrogens is 170 g/mol. The number of aliphatic hydroxyl groups excluding tert-OH is 1. The van der Waals surface area contributed by atoms with Gasteiger partial charge in [0.2, 0.25) is 0 Å². The highest BCUT2D eigenvalue weighted by Crippen LogP contribution is 2.30. The molecule has 2 N–H and O–H groups in total. The minimum atomic E-state index is 0.301. The Balaban J connectivity index is 2.13. The zero-order valence-electron chi connectivity index (χ0n) is 6.86. The molecule has 0 aliphatic carbocycles. The van der Waals surface area contributed by atoms with Gasteiger partial charge in [-0.2, -0.15) is 0 Å². The fraction of sp³-hybridized carbons (Fsp3) is 0.556. The highest BCUT2D eigenvalue weighted by Gasteiger charge is 2.27. The van der Waals surface area contributed by atoms with Crippen LogP contribution >= 0.6 is 11.3 Å². The fourth-order valence-corrected chi connectivity index (χ4v) is 2.68. The molecule has 66 valence electrons. The first-order valence-electron chi connectivity index (χ1n) is 4.27. The second-order valence-corrected chi connectivity index (χ2v) is 4.20. The summed E-state index contributed by atoms with van der Waals surface area (Å²) in [6.45, 7) is 2.28. The molecule has 1 saturated heterocycles. The van der Waals surface area contributed by atoms with Crippen LogP contribution in [-0.4, -0.2) is 24.8 Å². The molecule has 1 aromatic rings. The first-order valence-corrected chi connectivity index (χ1v) is 5.14. The van der Waals surface area contributed by atoms with Crippen LogP contribution in [0.1, 0.15) is 10.8 Å². The normalized spacial score (nSPS) is 29.4. The van der Waals surface area contributed by atoms with E-state index in [9.17, 15) is 0 Å². The lowest BCUT2D eigenvalue weighted by molar-refractivity contribution is 0.227. The maximum absolute atomic E-state index is 9.10. The summed E-state index contributed by atoms with van der Waals surface area (Å²) in [5, 5.41) is 14.5. The molecule has 1 fully saturated rings. The summed E-state index contributed by atoms with van der Waals surface area (Å²) in [7, 11) is 0. The molecule has 2 nitrogen and oxygen atoms in total. The van der Waals surface area contributed by atoms with Crippen LogP contribution in [0.15, 0.2) is 17.5 Å². The van der Waals surface area contributed by atoms with Crippen LogP contribution in [0.25, 0.3) is 0 Å². The third kappa shape index (κ3) is 1.40. The van der Waals surface area contributed by atoms with Crippen LogP contribution in [0, 0.1) is 5.92 Å². The van der Waals surface area contributed by atoms with Crippen molar-refractivity contribution in [2.24, 2.45) is 5.92 Å². The van der Waals surface area contributed by atoms with Gasteiger partial charge in [-0.15, -0.1) is 11.3 Å². The number of aliphatic hydroxyl groups is 1. The summed E-state index contributed by atoms with van der Waals surface area (Å²) in [5.74, 6) is 0.957. The van der Waals surface area contributed by atoms with Crippen molar-refractivity contribution in [3.05, 3.63) is 22.4 Å². The van der Waals surface area contributed by atoms with Crippen LogP contribution in [0.3, 0.4) is 0 Å². The van der Waals surface area contributed by atoms with E-state index in [4.69, 9.17) is 5.11 Å². The quantitative estimate of drug-likeness (QED) is 0.718. The molecule has 0 aromatic carbocycles. The molecule has 0 spiro atoms. The summed E-state index contributed by atoms with van der Waals surface area (Å²) in [6.07, 6.45) is 0. The van der Waals surface area contributed by atoms with Crippen molar-refractivity contribution in [3.8, 4) is 0 Å². The zero-order chi connectivity index (χ0) is 8.39. The second-order valence-electron chi connectivity index (χ2n) is 3.22. The molecule has 1 aliphatic rings. The Morgan fingerprint density at radius 3 is 3.17 bits per heavy atom. The maximum Gasteiger partial charge on any atom is 0.0478 e. The van der Waals surface area contributed by atoms with Crippen molar-refractivity contribution in [1.82, 2.24) is 5.32 Å². The van der Waals surface area contributed by atoms with Gasteiger partial charge in [-0.3, -0.25) is 0 Å². The zero-order valence-corrected chi connectivity index (χ0v) is 7.68. The molecular formula is C9H13NOS. The van der Waals surface area contributed by atoms with Crippen LogP contribution < -0.4 is 5.32 Å². The topological polar surface area (TPSA) is 32.3 Å². The Morgan fingerprint density at radius 1 is 1.58 bits per heavy atom. The Kier molecular flexibility index (Phi) is 2.44. The van der Waals surface area contributed by atoms with Crippen LogP contribution in [0.4, 0.5) is 0 Å². The smallest absolute Gasteiger partial charge is 0.0478 e. The largest absolute Gasteiger partial charge is 0.396 e. The number of rotatable bonds is 2. The van der Waals surface area contributed by atoms with E-state index in [-0.39, 0.29) is 0 Å². The summed E-state index contributed by atoms with van der Waals surface area (Å²) in [4.78, 5) is 1.40. The molecule has 0 saturated carbocycles. The summed E-state index contributed by atoms with van der Waals surface area (Å²) in [6, 6.07) is 4.23. The molecule has 12 heavy (non-hydrogen) atoms. The van der Waals surface area contributed by atoms with Gasteiger partial charge in [-0.05, 0) is 11.4 Å². The number of hydrogen-bond acceptors (Lipinski definition) is 3. The monoisotopic (exact) mass is 183 g/mol. The van der Waals surface area contributed by atoms with Crippen molar-refractivity contribution in [2.45, 2.75) is 5.92 Å². The third-order valence-electron chi connectivity index (χ3n) is 2.48. The third-order valence-corrected chi connectivity index (χ3v) is 3.49. The summed E-state index contributed by atoms with van der Waals surface area (Å²) < 4.78 is 0. The lowest BCUT2D eigenvalue weighted by atomic mass is 9.95. The van der Waals surface area contributed by atoms with E-state index < -0.39 is 0 Å². The highest BCUT2D eigenvalue weighted by atomic mass is 32.1. The summed E-state index contributed by atoms with van der Waals surface area (Å²) >= 11 is 1.79. The summed E-state index contributed by atoms with van der Waals surface area (Å²) in [5.41, 5.74) is 0. The first-order chi connectivity index (χ1) is 5.92. The van der Waals surface area contributed by atoms with E-state index >= 15 is 0 Å². The van der Waals surface area contributed by atoms with Gasteiger partial charge in [0.15, 0.2) is 0 Å². The lowest BCUT2D eigenvalue weighted by Crippen LogP contribution is -2.14. The molecule has 1 aromatic heterocycles. The lowest BCUT2D eigenvalue weighted by Gasteiger charge is -2.13. The van der Waals surface area contributed by atoms with E-state index in [2.05, 4.69) is 22.8 Å². The van der Waals surface area contributed by atoms with Crippen molar-refractivity contribution < 1.29 is 5.11 Å². The number of thiophene rings is 1. The standard InChI is InChI=1S/C9H13NOS/c11-6-7-4-10-5-8(7)9-2-1-3-12-9/h1-3,7-8,10-11H,4-6H2. The molecule has 2 atom stereocenters. The predicted molar refractivity (Wildman–Crippen MR) is 50.5 cm³/mol. The van der Waals surface area contributed by atoms with Crippen molar-refractivity contribution in [2.75, 3.05) is 19.7 Å². The minimum absolute atomic E-state index is 0.301. The van der Waals surface area contributed by atoms with Crippen LogP contribution in [0.5, 0.6) is 0 Å². The predicted octanol–water partition coefficient (Wildman–Crippen LogP) is 1.04. The average Bonchev–Trinajstić information content (AvgIpc) is 2.74. The highest BCUT2D eigenvalue weighted by molar-refractivity contribution is 7.10. The van der Waals surface area contributed by atoms with Gasteiger partial charge < -0.3 is 10.4 Å². The Labute approximate surface area is 76.2 Å². The van der Waals surface area contributed by atoms with Crippen molar-refractivity contribution in [1.29, 1.82) is 0 Å². The minimum Gasteiger partial charge on any atom is -0.396 e. The number of nitrogens with one attached hydrogen (secondary N) is 1. The molecule has 2 rings (SSSR count). The van der Waals surface area contributed by atoms with Gasteiger partial charge in [-0.25, -0.2) is 0 Å². The van der Waals surface area contributed by atoms with Gasteiger partial charge in [0.25, 0.3) is 0 Å². The van der Waals surface area contributed by atoms with Gasteiger partial charge in [0.05, 0.1) is 0 Å². The van der Waals surface area contributed by atoms with Gasteiger partial charge in [0, 0.05) is 36.4 Å². The molecule has 0 amide bonds. The van der Waals surface area contributed by atoms with Crippen LogP contribution in [0.2, 0.25) is 0 Å². The molecule has 2 unspecified atom stereocenters. The van der Waals surface area contributed by atoms with Crippen molar-refractivity contribution in [3.63, 3.8) is 0 Å². The molecule has 3 heteroatoms. The van der Waals surface area contributed by atoms with Crippen molar-refractivity contribution >= 4 is 11.3 Å². The van der Waals surface area contributed by atoms with E-state index in [1.807, 2.05) is 0 Å². The van der Waals surface area contributed by atoms with E-state index in [0.29, 0.717) is 18.4 Å². The Bertz CT molecular complexity index is 235. The number of hydrogen-bond donors (Lipinski definition) is 2. The second kappa shape index (κ2) is 3.56. The van der Waals surface area contributed by atoms with E-state index in [1.54, 1.807) is 11.3 Å². The average molecular weight is 183 g/mol.